The van der Waals surface area contributed by atoms with Crippen LogP contribution in [0.1, 0.15) is 6.92 Å². The quantitative estimate of drug-likeness (QED) is 0.383. The second kappa shape index (κ2) is 2.50. The number of β-lactam (4-membered cyclic amide) rings is 1. The molecule has 0 aromatic carbocycles. The summed E-state index contributed by atoms with van der Waals surface area (Å²) >= 11 is 0. The van der Waals surface area contributed by atoms with E-state index in [4.69, 9.17) is 4.74 Å². The molecule has 0 aromatic heterocycles. The first kappa shape index (κ1) is 8.00. The molecule has 1 aliphatic heterocycles. The second-order valence-corrected chi connectivity index (χ2v) is 2.40. The highest BCUT2D eigenvalue weighted by Crippen LogP contribution is 2.12. The van der Waals surface area contributed by atoms with Gasteiger partial charge in [0.25, 0.3) is 5.91 Å². The lowest BCUT2D eigenvalue weighted by Gasteiger charge is -2.39. The summed E-state index contributed by atoms with van der Waals surface area (Å²) in [5, 5.41) is 4.90. The smallest absolute Gasteiger partial charge is 0.275 e. The average Bonchev–Trinajstić information content (AvgIpc) is 1.96. The van der Waals surface area contributed by atoms with Crippen molar-refractivity contribution in [1.82, 2.24) is 10.6 Å². The number of nitrogens with one attached hydrogen (secondary N) is 2. The number of carbonyl (C=O) groups is 2. The Labute approximate surface area is 64.1 Å². The van der Waals surface area contributed by atoms with Gasteiger partial charge in [0, 0.05) is 14.0 Å². The molecule has 2 amide bonds. The molecular weight excluding hydrogens is 148 g/mol. The maximum atomic E-state index is 10.9. The predicted octanol–water partition coefficient (Wildman–Crippen LogP) is -1.40. The fraction of sp³-hybridized carbons (Fsp3) is 0.667. The molecule has 0 radical (unpaired) electrons. The zero-order valence-electron chi connectivity index (χ0n) is 6.43. The molecule has 2 N–H and O–H groups in total. The first-order valence-electron chi connectivity index (χ1n) is 3.23. The van der Waals surface area contributed by atoms with Crippen LogP contribution < -0.4 is 10.6 Å². The summed E-state index contributed by atoms with van der Waals surface area (Å²) in [6.07, 6.45) is 0. The average molecular weight is 158 g/mol. The van der Waals surface area contributed by atoms with Crippen molar-refractivity contribution in [2.45, 2.75) is 12.6 Å². The van der Waals surface area contributed by atoms with Crippen molar-refractivity contribution in [3.05, 3.63) is 0 Å². The first-order chi connectivity index (χ1) is 5.10. The van der Waals surface area contributed by atoms with Gasteiger partial charge in [-0.3, -0.25) is 9.59 Å². The van der Waals surface area contributed by atoms with Crippen molar-refractivity contribution in [1.29, 1.82) is 0 Å². The van der Waals surface area contributed by atoms with Crippen LogP contribution in [0, 0.1) is 0 Å². The van der Waals surface area contributed by atoms with Crippen molar-refractivity contribution in [2.24, 2.45) is 0 Å². The van der Waals surface area contributed by atoms with Crippen LogP contribution in [-0.4, -0.2) is 31.2 Å². The summed E-state index contributed by atoms with van der Waals surface area (Å²) in [6, 6.07) is 0. The van der Waals surface area contributed by atoms with E-state index in [1.807, 2.05) is 0 Å². The Morgan fingerprint density at radius 2 is 2.45 bits per heavy atom. The topological polar surface area (TPSA) is 67.4 Å². The van der Waals surface area contributed by atoms with Crippen LogP contribution in [0.5, 0.6) is 0 Å². The number of amides is 2. The maximum Gasteiger partial charge on any atom is 0.275 e. The lowest BCUT2D eigenvalue weighted by Crippen LogP contribution is -2.73. The second-order valence-electron chi connectivity index (χ2n) is 2.40. The van der Waals surface area contributed by atoms with E-state index < -0.39 is 5.72 Å². The molecule has 1 rings (SSSR count). The van der Waals surface area contributed by atoms with E-state index in [9.17, 15) is 9.59 Å². The molecule has 0 spiro atoms. The predicted molar refractivity (Wildman–Crippen MR) is 36.6 cm³/mol. The molecule has 5 heteroatoms. The minimum Gasteiger partial charge on any atom is -0.349 e. The number of hydrogen-bond acceptors (Lipinski definition) is 3. The number of rotatable bonds is 2. The summed E-state index contributed by atoms with van der Waals surface area (Å²) in [5.74, 6) is -0.572. The Morgan fingerprint density at radius 3 is 2.55 bits per heavy atom. The van der Waals surface area contributed by atoms with Crippen molar-refractivity contribution in [2.75, 3.05) is 13.7 Å². The summed E-state index contributed by atoms with van der Waals surface area (Å²) in [5.41, 5.74) is -1.11. The maximum absolute atomic E-state index is 10.9. The lowest BCUT2D eigenvalue weighted by molar-refractivity contribution is -0.166. The molecule has 0 aliphatic carbocycles. The zero-order valence-corrected chi connectivity index (χ0v) is 6.43. The van der Waals surface area contributed by atoms with Gasteiger partial charge in [-0.05, 0) is 0 Å². The molecule has 0 unspecified atom stereocenters. The summed E-state index contributed by atoms with van der Waals surface area (Å²) in [4.78, 5) is 21.5. The Bertz CT molecular complexity index is 200. The third-order valence-electron chi connectivity index (χ3n) is 1.59. The van der Waals surface area contributed by atoms with Gasteiger partial charge in [-0.1, -0.05) is 0 Å². The van der Waals surface area contributed by atoms with Gasteiger partial charge in [0.05, 0.1) is 6.54 Å². The van der Waals surface area contributed by atoms with Crippen LogP contribution >= 0.6 is 0 Å². The molecule has 1 aliphatic rings. The standard InChI is InChI=1S/C6H10N2O3/c1-4(9)8-6(11-2)3-7-5(6)10/h3H2,1-2H3,(H,7,10)(H,8,9)/t6-/m1/s1. The Morgan fingerprint density at radius 1 is 1.82 bits per heavy atom. The molecule has 1 heterocycles. The highest BCUT2D eigenvalue weighted by molar-refractivity contribution is 5.94. The number of hydrogen-bond donors (Lipinski definition) is 2. The molecule has 1 fully saturated rings. The number of methoxy groups -OCH3 is 1. The molecule has 0 saturated carbocycles. The summed E-state index contributed by atoms with van der Waals surface area (Å²) < 4.78 is 4.85. The van der Waals surface area contributed by atoms with Crippen LogP contribution in [-0.2, 0) is 14.3 Å². The van der Waals surface area contributed by atoms with Gasteiger partial charge >= 0.3 is 0 Å². The molecular formula is C6H10N2O3. The van der Waals surface area contributed by atoms with E-state index in [-0.39, 0.29) is 11.8 Å². The van der Waals surface area contributed by atoms with E-state index in [1.54, 1.807) is 0 Å². The molecule has 5 nitrogen and oxygen atoms in total. The van der Waals surface area contributed by atoms with E-state index in [0.29, 0.717) is 6.54 Å². The fourth-order valence-corrected chi connectivity index (χ4v) is 0.922. The Hall–Kier alpha value is -1.10. The third-order valence-corrected chi connectivity index (χ3v) is 1.59. The lowest BCUT2D eigenvalue weighted by atomic mass is 10.1. The normalized spacial score (nSPS) is 28.7. The van der Waals surface area contributed by atoms with Crippen LogP contribution in [0.3, 0.4) is 0 Å². The van der Waals surface area contributed by atoms with Gasteiger partial charge in [0.15, 0.2) is 0 Å². The third kappa shape index (κ3) is 1.19. The highest BCUT2D eigenvalue weighted by atomic mass is 16.5. The minimum atomic E-state index is -1.11. The van der Waals surface area contributed by atoms with Gasteiger partial charge in [0.2, 0.25) is 11.6 Å². The molecule has 11 heavy (non-hydrogen) atoms. The number of ether oxygens (including phenoxy) is 1. The molecule has 1 atom stereocenters. The Balaban J connectivity index is 2.61. The zero-order chi connectivity index (χ0) is 8.48. The SMILES string of the molecule is CO[C@]1(NC(C)=O)CNC1=O. The van der Waals surface area contributed by atoms with E-state index >= 15 is 0 Å². The largest absolute Gasteiger partial charge is 0.349 e. The molecule has 0 aromatic rings. The van der Waals surface area contributed by atoms with Gasteiger partial charge in [-0.15, -0.1) is 0 Å². The van der Waals surface area contributed by atoms with Gasteiger partial charge in [-0.25, -0.2) is 0 Å². The van der Waals surface area contributed by atoms with Crippen molar-refractivity contribution >= 4 is 11.8 Å². The van der Waals surface area contributed by atoms with Crippen LogP contribution in [0.15, 0.2) is 0 Å². The van der Waals surface area contributed by atoms with Crippen molar-refractivity contribution in [3.63, 3.8) is 0 Å². The Kier molecular flexibility index (Phi) is 1.82. The highest BCUT2D eigenvalue weighted by Gasteiger charge is 2.47. The fourth-order valence-electron chi connectivity index (χ4n) is 0.922. The summed E-state index contributed by atoms with van der Waals surface area (Å²) in [6.45, 7) is 1.67. The van der Waals surface area contributed by atoms with Crippen LogP contribution in [0.4, 0.5) is 0 Å². The van der Waals surface area contributed by atoms with Gasteiger partial charge in [-0.2, -0.15) is 0 Å². The number of carbonyl (C=O) groups excluding carboxylic acids is 2. The van der Waals surface area contributed by atoms with E-state index in [0.717, 1.165) is 0 Å². The molecule has 62 valence electrons. The monoisotopic (exact) mass is 158 g/mol. The first-order valence-corrected chi connectivity index (χ1v) is 3.23. The molecule has 0 bridgehead atoms. The van der Waals surface area contributed by atoms with E-state index in [2.05, 4.69) is 10.6 Å². The van der Waals surface area contributed by atoms with Gasteiger partial charge in [0.1, 0.15) is 0 Å². The van der Waals surface area contributed by atoms with Crippen molar-refractivity contribution < 1.29 is 14.3 Å². The van der Waals surface area contributed by atoms with E-state index in [1.165, 1.54) is 14.0 Å². The summed E-state index contributed by atoms with van der Waals surface area (Å²) in [7, 11) is 1.38. The molecule has 1 saturated heterocycles. The van der Waals surface area contributed by atoms with Crippen molar-refractivity contribution in [3.8, 4) is 0 Å². The van der Waals surface area contributed by atoms with Gasteiger partial charge < -0.3 is 15.4 Å². The minimum absolute atomic E-state index is 0.276. The van der Waals surface area contributed by atoms with Crippen LogP contribution in [0.2, 0.25) is 0 Å². The van der Waals surface area contributed by atoms with Crippen LogP contribution in [0.25, 0.3) is 0 Å².